The number of piperidine rings is 1. The molecule has 3 heterocycles. The molecule has 2 saturated heterocycles. The largest absolute Gasteiger partial charge is 0.486 e. The van der Waals surface area contributed by atoms with Gasteiger partial charge in [-0.25, -0.2) is 8.78 Å². The summed E-state index contributed by atoms with van der Waals surface area (Å²) in [6.45, 7) is 0.847. The lowest BCUT2D eigenvalue weighted by atomic mass is 9.81. The van der Waals surface area contributed by atoms with E-state index in [1.54, 1.807) is 18.2 Å². The molecule has 3 aliphatic rings. The SMILES string of the molecule is O=C(c1cccc2c1OCCO2)N1[C@H]2CC[C@H]1CC(O)(Cc1ccc(F)cc1F)C2. The van der Waals surface area contributed by atoms with E-state index in [2.05, 4.69) is 0 Å². The van der Waals surface area contributed by atoms with Crippen LogP contribution in [-0.4, -0.2) is 46.8 Å². The highest BCUT2D eigenvalue weighted by Crippen LogP contribution is 2.44. The first-order valence-corrected chi connectivity index (χ1v) is 10.3. The highest BCUT2D eigenvalue weighted by Gasteiger charge is 2.50. The van der Waals surface area contributed by atoms with Gasteiger partial charge in [-0.3, -0.25) is 4.79 Å². The first-order chi connectivity index (χ1) is 14.4. The molecule has 5 nitrogen and oxygen atoms in total. The summed E-state index contributed by atoms with van der Waals surface area (Å²) in [5.74, 6) is -0.370. The maximum Gasteiger partial charge on any atom is 0.258 e. The van der Waals surface area contributed by atoms with Gasteiger partial charge in [0, 0.05) is 24.6 Å². The van der Waals surface area contributed by atoms with Gasteiger partial charge in [0.25, 0.3) is 5.91 Å². The molecule has 0 spiro atoms. The molecule has 0 saturated carbocycles. The van der Waals surface area contributed by atoms with Crippen LogP contribution in [0.25, 0.3) is 0 Å². The van der Waals surface area contributed by atoms with Crippen LogP contribution >= 0.6 is 0 Å². The van der Waals surface area contributed by atoms with E-state index in [9.17, 15) is 18.7 Å². The van der Waals surface area contributed by atoms with Gasteiger partial charge in [0.05, 0.1) is 11.2 Å². The Morgan fingerprint density at radius 1 is 1.10 bits per heavy atom. The molecule has 3 aliphatic heterocycles. The number of nitrogens with zero attached hydrogens (tertiary/aromatic N) is 1. The fourth-order valence-electron chi connectivity index (χ4n) is 5.20. The predicted molar refractivity (Wildman–Crippen MR) is 105 cm³/mol. The van der Waals surface area contributed by atoms with Crippen molar-refractivity contribution in [3.8, 4) is 11.5 Å². The number of hydrogen-bond acceptors (Lipinski definition) is 4. The van der Waals surface area contributed by atoms with Crippen LogP contribution in [0, 0.1) is 11.6 Å². The van der Waals surface area contributed by atoms with Crippen molar-refractivity contribution in [3.05, 3.63) is 59.2 Å². The first kappa shape index (κ1) is 19.3. The molecular formula is C23H23F2NO4. The third-order valence-corrected chi connectivity index (χ3v) is 6.42. The van der Waals surface area contributed by atoms with E-state index in [-0.39, 0.29) is 24.4 Å². The summed E-state index contributed by atoms with van der Waals surface area (Å²) in [5, 5.41) is 11.2. The summed E-state index contributed by atoms with van der Waals surface area (Å²) in [4.78, 5) is 15.3. The van der Waals surface area contributed by atoms with E-state index in [0.29, 0.717) is 48.7 Å². The van der Waals surface area contributed by atoms with Gasteiger partial charge >= 0.3 is 0 Å². The smallest absolute Gasteiger partial charge is 0.258 e. The van der Waals surface area contributed by atoms with Gasteiger partial charge in [0.2, 0.25) is 0 Å². The summed E-state index contributed by atoms with van der Waals surface area (Å²) >= 11 is 0. The monoisotopic (exact) mass is 415 g/mol. The van der Waals surface area contributed by atoms with Gasteiger partial charge in [0.15, 0.2) is 11.5 Å². The fourth-order valence-corrected chi connectivity index (χ4v) is 5.20. The molecule has 5 rings (SSSR count). The van der Waals surface area contributed by atoms with Crippen molar-refractivity contribution < 1.29 is 28.2 Å². The zero-order valence-corrected chi connectivity index (χ0v) is 16.4. The van der Waals surface area contributed by atoms with E-state index in [4.69, 9.17) is 9.47 Å². The molecule has 0 radical (unpaired) electrons. The molecule has 7 heteroatoms. The number of hydrogen-bond donors (Lipinski definition) is 1. The van der Waals surface area contributed by atoms with Crippen molar-refractivity contribution in [2.24, 2.45) is 0 Å². The predicted octanol–water partition coefficient (Wildman–Crippen LogP) is 3.48. The van der Waals surface area contributed by atoms with Crippen molar-refractivity contribution in [2.45, 2.75) is 49.8 Å². The van der Waals surface area contributed by atoms with Crippen LogP contribution < -0.4 is 9.47 Å². The van der Waals surface area contributed by atoms with E-state index in [1.807, 2.05) is 4.90 Å². The lowest BCUT2D eigenvalue weighted by molar-refractivity contribution is -0.0432. The molecule has 2 bridgehead atoms. The highest BCUT2D eigenvalue weighted by atomic mass is 19.1. The maximum absolute atomic E-state index is 14.1. The second-order valence-corrected chi connectivity index (χ2v) is 8.47. The van der Waals surface area contributed by atoms with Crippen LogP contribution in [0.4, 0.5) is 8.78 Å². The van der Waals surface area contributed by atoms with Gasteiger partial charge in [-0.15, -0.1) is 0 Å². The lowest BCUT2D eigenvalue weighted by Crippen LogP contribution is -2.54. The van der Waals surface area contributed by atoms with Crippen molar-refractivity contribution in [1.29, 1.82) is 0 Å². The number of benzene rings is 2. The normalized spacial score (nSPS) is 27.2. The Morgan fingerprint density at radius 2 is 1.83 bits per heavy atom. The molecule has 2 aromatic carbocycles. The minimum atomic E-state index is -1.13. The van der Waals surface area contributed by atoms with Crippen molar-refractivity contribution in [2.75, 3.05) is 13.2 Å². The van der Waals surface area contributed by atoms with Gasteiger partial charge in [0.1, 0.15) is 24.8 Å². The summed E-state index contributed by atoms with van der Waals surface area (Å²) in [6.07, 6.45) is 2.40. The second kappa shape index (κ2) is 7.23. The standard InChI is InChI=1S/C23H23F2NO4/c24-15-5-4-14(19(25)10-15)11-23(28)12-16-6-7-17(13-23)26(16)22(27)18-2-1-3-20-21(18)30-9-8-29-20/h1-5,10,16-17,28H,6-9,11-13H2/t16-,17-/m0/s1. The minimum Gasteiger partial charge on any atom is -0.486 e. The van der Waals surface area contributed by atoms with Gasteiger partial charge < -0.3 is 19.5 Å². The van der Waals surface area contributed by atoms with Gasteiger partial charge in [-0.1, -0.05) is 12.1 Å². The van der Waals surface area contributed by atoms with Crippen LogP contribution in [0.15, 0.2) is 36.4 Å². The third kappa shape index (κ3) is 3.31. The van der Waals surface area contributed by atoms with E-state index < -0.39 is 17.2 Å². The number of aliphatic hydroxyl groups is 1. The Balaban J connectivity index is 1.38. The molecule has 30 heavy (non-hydrogen) atoms. The van der Waals surface area contributed by atoms with Crippen LogP contribution in [0.1, 0.15) is 41.6 Å². The Hall–Kier alpha value is -2.67. The summed E-state index contributed by atoms with van der Waals surface area (Å²) < 4.78 is 38.6. The molecule has 0 unspecified atom stereocenters. The summed E-state index contributed by atoms with van der Waals surface area (Å²) in [6, 6.07) is 8.46. The molecule has 1 N–H and O–H groups in total. The summed E-state index contributed by atoms with van der Waals surface area (Å²) in [5.41, 5.74) is -0.364. The van der Waals surface area contributed by atoms with E-state index in [0.717, 1.165) is 18.9 Å². The molecule has 2 fully saturated rings. The van der Waals surface area contributed by atoms with E-state index in [1.165, 1.54) is 12.1 Å². The Kier molecular flexibility index (Phi) is 4.65. The van der Waals surface area contributed by atoms with Crippen molar-refractivity contribution in [3.63, 3.8) is 0 Å². The number of carbonyl (C=O) groups excluding carboxylic acids is 1. The topological polar surface area (TPSA) is 59.0 Å². The maximum atomic E-state index is 14.1. The number of para-hydroxylation sites is 1. The van der Waals surface area contributed by atoms with Gasteiger partial charge in [-0.2, -0.15) is 0 Å². The molecule has 2 aromatic rings. The number of ether oxygens (including phenoxy) is 2. The minimum absolute atomic E-state index is 0.103. The van der Waals surface area contributed by atoms with Gasteiger partial charge in [-0.05, 0) is 49.4 Å². The first-order valence-electron chi connectivity index (χ1n) is 10.3. The second-order valence-electron chi connectivity index (χ2n) is 8.47. The number of amides is 1. The summed E-state index contributed by atoms with van der Waals surface area (Å²) in [7, 11) is 0. The Morgan fingerprint density at radius 3 is 2.57 bits per heavy atom. The van der Waals surface area contributed by atoms with E-state index >= 15 is 0 Å². The molecule has 1 amide bonds. The zero-order valence-electron chi connectivity index (χ0n) is 16.4. The Labute approximate surface area is 173 Å². The number of fused-ring (bicyclic) bond motifs is 3. The molecule has 0 aliphatic carbocycles. The molecule has 0 aromatic heterocycles. The molecule has 158 valence electrons. The van der Waals surface area contributed by atoms with Crippen LogP contribution in [-0.2, 0) is 6.42 Å². The zero-order chi connectivity index (χ0) is 20.9. The van der Waals surface area contributed by atoms with Crippen LogP contribution in [0.2, 0.25) is 0 Å². The van der Waals surface area contributed by atoms with Crippen LogP contribution in [0.5, 0.6) is 11.5 Å². The average molecular weight is 415 g/mol. The highest BCUT2D eigenvalue weighted by molar-refractivity contribution is 5.98. The quantitative estimate of drug-likeness (QED) is 0.834. The van der Waals surface area contributed by atoms with Crippen molar-refractivity contribution >= 4 is 5.91 Å². The number of halogens is 2. The lowest BCUT2D eigenvalue weighted by Gasteiger charge is -2.44. The Bertz CT molecular complexity index is 981. The number of rotatable bonds is 3. The van der Waals surface area contributed by atoms with Crippen molar-refractivity contribution in [1.82, 2.24) is 4.90 Å². The third-order valence-electron chi connectivity index (χ3n) is 6.42. The fraction of sp³-hybridized carbons (Fsp3) is 0.435. The van der Waals surface area contributed by atoms with Crippen LogP contribution in [0.3, 0.4) is 0 Å². The molecule has 2 atom stereocenters. The number of carbonyl (C=O) groups is 1. The molecular weight excluding hydrogens is 392 g/mol. The average Bonchev–Trinajstić information content (AvgIpc) is 3.01.